The monoisotopic (exact) mass is 504 g/mol. The fourth-order valence-electron chi connectivity index (χ4n) is 4.40. The van der Waals surface area contributed by atoms with Crippen LogP contribution in [0.5, 0.6) is 17.2 Å². The number of methoxy groups -OCH3 is 4. The highest BCUT2D eigenvalue weighted by Crippen LogP contribution is 2.40. The van der Waals surface area contributed by atoms with Crippen LogP contribution in [0.15, 0.2) is 42.5 Å². The van der Waals surface area contributed by atoms with E-state index >= 15 is 0 Å². The van der Waals surface area contributed by atoms with E-state index in [1.54, 1.807) is 28.4 Å². The highest BCUT2D eigenvalue weighted by atomic mass is 35.5. The van der Waals surface area contributed by atoms with Crippen molar-refractivity contribution in [2.24, 2.45) is 0 Å². The molecule has 1 aliphatic heterocycles. The molecule has 35 heavy (non-hydrogen) atoms. The number of para-hydroxylation sites is 1. The standard InChI is InChI=1S/C24H32N6O4.ClH/c1-31-17-16-30-24(25-26-27-30)22(20-6-5-7-21(33-3)23(20)34-4)29-14-12-28(13-15-29)18-8-10-19(32-2)11-9-18;/h5-11,22H,12-17H2,1-4H3;1H. The topological polar surface area (TPSA) is 87.0 Å². The smallest absolute Gasteiger partial charge is 0.173 e. The summed E-state index contributed by atoms with van der Waals surface area (Å²) in [4.78, 5) is 4.77. The molecule has 4 rings (SSSR count). The van der Waals surface area contributed by atoms with Gasteiger partial charge in [0.25, 0.3) is 0 Å². The van der Waals surface area contributed by atoms with Gasteiger partial charge in [0.05, 0.1) is 34.5 Å². The van der Waals surface area contributed by atoms with Gasteiger partial charge in [0.15, 0.2) is 17.3 Å². The summed E-state index contributed by atoms with van der Waals surface area (Å²) in [6.07, 6.45) is 0. The van der Waals surface area contributed by atoms with E-state index in [2.05, 4.69) is 43.5 Å². The Morgan fingerprint density at radius 1 is 0.886 bits per heavy atom. The van der Waals surface area contributed by atoms with Gasteiger partial charge in [-0.2, -0.15) is 0 Å². The molecule has 10 nitrogen and oxygen atoms in total. The van der Waals surface area contributed by atoms with Crippen LogP contribution in [0.2, 0.25) is 0 Å². The van der Waals surface area contributed by atoms with Crippen LogP contribution in [0.3, 0.4) is 0 Å². The fourth-order valence-corrected chi connectivity index (χ4v) is 4.40. The van der Waals surface area contributed by atoms with Crippen molar-refractivity contribution < 1.29 is 18.9 Å². The molecule has 1 unspecified atom stereocenters. The quantitative estimate of drug-likeness (QED) is 0.413. The highest BCUT2D eigenvalue weighted by Gasteiger charge is 2.33. The first-order valence-electron chi connectivity index (χ1n) is 11.3. The van der Waals surface area contributed by atoms with Gasteiger partial charge in [-0.1, -0.05) is 12.1 Å². The van der Waals surface area contributed by atoms with E-state index in [1.807, 2.05) is 28.9 Å². The van der Waals surface area contributed by atoms with Gasteiger partial charge in [-0.05, 0) is 40.8 Å². The Labute approximate surface area is 212 Å². The molecule has 2 heterocycles. The van der Waals surface area contributed by atoms with Crippen LogP contribution in [0.25, 0.3) is 0 Å². The molecule has 0 aliphatic carbocycles. The third-order valence-corrected chi connectivity index (χ3v) is 6.16. The number of halogens is 1. The van der Waals surface area contributed by atoms with Crippen LogP contribution in [-0.2, 0) is 11.3 Å². The fraction of sp³-hybridized carbons (Fsp3) is 0.458. The minimum atomic E-state index is -0.199. The number of piperazine rings is 1. The van der Waals surface area contributed by atoms with Crippen LogP contribution >= 0.6 is 12.4 Å². The van der Waals surface area contributed by atoms with Gasteiger partial charge >= 0.3 is 0 Å². The summed E-state index contributed by atoms with van der Waals surface area (Å²) in [5, 5.41) is 12.6. The Balaban J connectivity index is 0.00000342. The first kappa shape index (κ1) is 26.5. The van der Waals surface area contributed by atoms with Gasteiger partial charge in [0, 0.05) is 44.5 Å². The molecule has 2 aromatic carbocycles. The van der Waals surface area contributed by atoms with Crippen molar-refractivity contribution in [3.05, 3.63) is 53.9 Å². The molecule has 1 fully saturated rings. The third kappa shape index (κ3) is 5.77. The third-order valence-electron chi connectivity index (χ3n) is 6.16. The first-order chi connectivity index (χ1) is 16.7. The van der Waals surface area contributed by atoms with E-state index in [-0.39, 0.29) is 18.4 Å². The van der Waals surface area contributed by atoms with E-state index in [0.29, 0.717) is 24.7 Å². The lowest BCUT2D eigenvalue weighted by atomic mass is 10.0. The summed E-state index contributed by atoms with van der Waals surface area (Å²) >= 11 is 0. The molecule has 1 atom stereocenters. The van der Waals surface area contributed by atoms with Gasteiger partial charge in [-0.3, -0.25) is 4.90 Å². The molecule has 0 spiro atoms. The summed E-state index contributed by atoms with van der Waals surface area (Å²) in [7, 11) is 6.66. The van der Waals surface area contributed by atoms with Gasteiger partial charge in [-0.25, -0.2) is 4.68 Å². The molecule has 11 heteroatoms. The van der Waals surface area contributed by atoms with Gasteiger partial charge in [0.1, 0.15) is 11.8 Å². The van der Waals surface area contributed by atoms with E-state index in [4.69, 9.17) is 18.9 Å². The molecule has 0 bridgehead atoms. The minimum Gasteiger partial charge on any atom is -0.497 e. The number of hydrogen-bond acceptors (Lipinski definition) is 9. The molecule has 0 N–H and O–H groups in total. The number of tetrazole rings is 1. The van der Waals surface area contributed by atoms with E-state index in [1.165, 1.54) is 5.69 Å². The Morgan fingerprint density at radius 3 is 2.26 bits per heavy atom. The lowest BCUT2D eigenvalue weighted by Gasteiger charge is -2.40. The van der Waals surface area contributed by atoms with E-state index in [0.717, 1.165) is 43.3 Å². The Bertz CT molecular complexity index is 1060. The normalized spacial score (nSPS) is 14.8. The molecule has 1 aromatic heterocycles. The molecule has 0 saturated carbocycles. The number of rotatable bonds is 10. The molecule has 0 radical (unpaired) electrons. The molecule has 190 valence electrons. The maximum absolute atomic E-state index is 5.79. The number of aromatic nitrogens is 4. The summed E-state index contributed by atoms with van der Waals surface area (Å²) in [6, 6.07) is 13.9. The molecule has 1 aliphatic rings. The molecule has 3 aromatic rings. The predicted molar refractivity (Wildman–Crippen MR) is 135 cm³/mol. The largest absolute Gasteiger partial charge is 0.497 e. The van der Waals surface area contributed by atoms with Crippen LogP contribution < -0.4 is 19.1 Å². The van der Waals surface area contributed by atoms with Crippen molar-refractivity contribution in [1.82, 2.24) is 25.1 Å². The van der Waals surface area contributed by atoms with Crippen LogP contribution in [-0.4, -0.2) is 86.3 Å². The van der Waals surface area contributed by atoms with Crippen molar-refractivity contribution in [2.45, 2.75) is 12.6 Å². The van der Waals surface area contributed by atoms with Gasteiger partial charge < -0.3 is 23.8 Å². The second kappa shape index (κ2) is 12.6. The van der Waals surface area contributed by atoms with E-state index < -0.39 is 0 Å². The summed E-state index contributed by atoms with van der Waals surface area (Å²) in [5.41, 5.74) is 2.15. The molecular formula is C24H33ClN6O4. The maximum Gasteiger partial charge on any atom is 0.173 e. The van der Waals surface area contributed by atoms with E-state index in [9.17, 15) is 0 Å². The second-order valence-electron chi connectivity index (χ2n) is 7.96. The number of nitrogens with zero attached hydrogens (tertiary/aromatic N) is 6. The second-order valence-corrected chi connectivity index (χ2v) is 7.96. The van der Waals surface area contributed by atoms with Crippen molar-refractivity contribution in [3.63, 3.8) is 0 Å². The number of ether oxygens (including phenoxy) is 4. The highest BCUT2D eigenvalue weighted by molar-refractivity contribution is 5.85. The lowest BCUT2D eigenvalue weighted by molar-refractivity contribution is 0.170. The lowest BCUT2D eigenvalue weighted by Crippen LogP contribution is -2.48. The Morgan fingerprint density at radius 2 is 1.63 bits per heavy atom. The minimum absolute atomic E-state index is 0. The van der Waals surface area contributed by atoms with Crippen LogP contribution in [0, 0.1) is 0 Å². The van der Waals surface area contributed by atoms with Gasteiger partial charge in [0.2, 0.25) is 0 Å². The van der Waals surface area contributed by atoms with Crippen molar-refractivity contribution in [3.8, 4) is 17.2 Å². The van der Waals surface area contributed by atoms with Gasteiger partial charge in [-0.15, -0.1) is 17.5 Å². The summed E-state index contributed by atoms with van der Waals surface area (Å²) in [5.74, 6) is 2.98. The summed E-state index contributed by atoms with van der Waals surface area (Å²) < 4.78 is 23.8. The summed E-state index contributed by atoms with van der Waals surface area (Å²) in [6.45, 7) is 4.48. The Hall–Kier alpha value is -3.08. The predicted octanol–water partition coefficient (Wildman–Crippen LogP) is 2.68. The number of benzene rings is 2. The van der Waals surface area contributed by atoms with Crippen molar-refractivity contribution in [1.29, 1.82) is 0 Å². The van der Waals surface area contributed by atoms with Crippen molar-refractivity contribution in [2.75, 3.05) is 66.1 Å². The average molecular weight is 505 g/mol. The number of anilines is 1. The Kier molecular flexibility index (Phi) is 9.53. The SMILES string of the molecule is COCCn1nnnc1C(c1cccc(OC)c1OC)N1CCN(c2ccc(OC)cc2)CC1.Cl. The zero-order valence-corrected chi connectivity index (χ0v) is 21.4. The van der Waals surface area contributed by atoms with Crippen molar-refractivity contribution >= 4 is 18.1 Å². The molecule has 0 amide bonds. The molecular weight excluding hydrogens is 472 g/mol. The first-order valence-corrected chi connectivity index (χ1v) is 11.3. The average Bonchev–Trinajstić information content (AvgIpc) is 3.35. The maximum atomic E-state index is 5.79. The zero-order valence-electron chi connectivity index (χ0n) is 20.6. The molecule has 1 saturated heterocycles. The zero-order chi connectivity index (χ0) is 23.9. The van der Waals surface area contributed by atoms with Crippen LogP contribution in [0.4, 0.5) is 5.69 Å². The number of hydrogen-bond donors (Lipinski definition) is 0. The van der Waals surface area contributed by atoms with Crippen LogP contribution in [0.1, 0.15) is 17.4 Å².